The third kappa shape index (κ3) is 4.10. The van der Waals surface area contributed by atoms with Crippen LogP contribution in [0.15, 0.2) is 42.5 Å². The van der Waals surface area contributed by atoms with Crippen molar-refractivity contribution in [3.63, 3.8) is 0 Å². The molecule has 0 fully saturated rings. The van der Waals surface area contributed by atoms with Crippen molar-refractivity contribution in [3.8, 4) is 0 Å². The quantitative estimate of drug-likeness (QED) is 0.657. The van der Waals surface area contributed by atoms with Gasteiger partial charge in [0, 0.05) is 14.8 Å². The van der Waals surface area contributed by atoms with Crippen LogP contribution in [0.4, 0.5) is 18.9 Å². The lowest BCUT2D eigenvalue weighted by Crippen LogP contribution is -2.13. The Morgan fingerprint density at radius 2 is 1.86 bits per heavy atom. The molecular weight excluding hydrogens is 418 g/mol. The van der Waals surface area contributed by atoms with Gasteiger partial charge in [-0.15, -0.1) is 0 Å². The van der Waals surface area contributed by atoms with Crippen LogP contribution < -0.4 is 5.32 Å². The van der Waals surface area contributed by atoms with Crippen molar-refractivity contribution in [1.29, 1.82) is 0 Å². The Morgan fingerprint density at radius 1 is 1.14 bits per heavy atom. The van der Waals surface area contributed by atoms with Gasteiger partial charge in [0.15, 0.2) is 0 Å². The fourth-order valence-electron chi connectivity index (χ4n) is 1.61. The maximum absolute atomic E-state index is 12.6. The van der Waals surface area contributed by atoms with Crippen molar-refractivity contribution in [2.45, 2.75) is 6.18 Å². The van der Waals surface area contributed by atoms with E-state index in [4.69, 9.17) is 11.6 Å². The third-order valence-electron chi connectivity index (χ3n) is 2.63. The summed E-state index contributed by atoms with van der Waals surface area (Å²) in [6, 6.07) is 9.10. The summed E-state index contributed by atoms with van der Waals surface area (Å²) in [5.74, 6) is -0.496. The molecule has 1 amide bonds. The van der Waals surface area contributed by atoms with Gasteiger partial charge in [0.25, 0.3) is 5.91 Å². The molecule has 0 bridgehead atoms. The Balaban J connectivity index is 2.21. The molecule has 2 nitrogen and oxygen atoms in total. The number of hydrogen-bond acceptors (Lipinski definition) is 1. The number of hydrogen-bond donors (Lipinski definition) is 1. The zero-order chi connectivity index (χ0) is 15.6. The minimum atomic E-state index is -4.45. The van der Waals surface area contributed by atoms with Crippen LogP contribution in [0.2, 0.25) is 5.02 Å². The average molecular weight is 426 g/mol. The van der Waals surface area contributed by atoms with Crippen LogP contribution in [-0.4, -0.2) is 5.91 Å². The molecule has 0 heterocycles. The number of carbonyl (C=O) groups is 1. The largest absolute Gasteiger partial charge is 0.416 e. The van der Waals surface area contributed by atoms with Crippen LogP contribution in [-0.2, 0) is 6.18 Å². The highest BCUT2D eigenvalue weighted by Gasteiger charge is 2.30. The fraction of sp³-hybridized carbons (Fsp3) is 0.0714. The van der Waals surface area contributed by atoms with Crippen LogP contribution in [0.1, 0.15) is 15.9 Å². The molecule has 0 atom stereocenters. The van der Waals surface area contributed by atoms with E-state index in [1.807, 2.05) is 22.6 Å². The van der Waals surface area contributed by atoms with E-state index in [1.54, 1.807) is 12.1 Å². The van der Waals surface area contributed by atoms with E-state index in [0.29, 0.717) is 14.2 Å². The second kappa shape index (κ2) is 6.23. The van der Waals surface area contributed by atoms with E-state index in [1.165, 1.54) is 18.2 Å². The monoisotopic (exact) mass is 425 g/mol. The Hall–Kier alpha value is -1.28. The molecular formula is C14H8ClF3INO. The average Bonchev–Trinajstić information content (AvgIpc) is 2.41. The maximum atomic E-state index is 12.6. The summed E-state index contributed by atoms with van der Waals surface area (Å²) in [5.41, 5.74) is -0.410. The molecule has 0 saturated heterocycles. The van der Waals surface area contributed by atoms with Crippen LogP contribution in [0, 0.1) is 3.57 Å². The van der Waals surface area contributed by atoms with Crippen molar-refractivity contribution in [3.05, 3.63) is 62.2 Å². The van der Waals surface area contributed by atoms with Gasteiger partial charge in [0.1, 0.15) is 0 Å². The normalized spacial score (nSPS) is 11.3. The van der Waals surface area contributed by atoms with Crippen molar-refractivity contribution < 1.29 is 18.0 Å². The van der Waals surface area contributed by atoms with Crippen molar-refractivity contribution in [1.82, 2.24) is 0 Å². The van der Waals surface area contributed by atoms with Crippen LogP contribution in [0.3, 0.4) is 0 Å². The van der Waals surface area contributed by atoms with E-state index < -0.39 is 17.6 Å². The molecule has 2 rings (SSSR count). The molecule has 0 spiro atoms. The predicted octanol–water partition coefficient (Wildman–Crippen LogP) is 5.22. The van der Waals surface area contributed by atoms with Crippen LogP contribution >= 0.6 is 34.2 Å². The lowest BCUT2D eigenvalue weighted by atomic mass is 10.1. The molecule has 2 aromatic rings. The zero-order valence-electron chi connectivity index (χ0n) is 10.3. The number of carbonyl (C=O) groups excluding carboxylic acids is 1. The third-order valence-corrected chi connectivity index (χ3v) is 4.17. The second-order valence-corrected chi connectivity index (χ2v) is 5.73. The summed E-state index contributed by atoms with van der Waals surface area (Å²) in [6.45, 7) is 0. The first-order valence-corrected chi connectivity index (χ1v) is 7.17. The summed E-state index contributed by atoms with van der Waals surface area (Å²) < 4.78 is 38.5. The minimum absolute atomic E-state index is 0.0831. The van der Waals surface area contributed by atoms with Gasteiger partial charge in [-0.3, -0.25) is 4.79 Å². The van der Waals surface area contributed by atoms with E-state index in [-0.39, 0.29) is 5.69 Å². The topological polar surface area (TPSA) is 29.1 Å². The summed E-state index contributed by atoms with van der Waals surface area (Å²) >= 11 is 7.82. The SMILES string of the molecule is O=C(Nc1cccc(C(F)(F)F)c1)c1ccc(Cl)c(I)c1. The van der Waals surface area contributed by atoms with Gasteiger partial charge in [-0.2, -0.15) is 13.2 Å². The van der Waals surface area contributed by atoms with Crippen LogP contribution in [0.25, 0.3) is 0 Å². The number of amides is 1. The Bertz CT molecular complexity index is 688. The van der Waals surface area contributed by atoms with E-state index in [2.05, 4.69) is 5.32 Å². The van der Waals surface area contributed by atoms with E-state index in [9.17, 15) is 18.0 Å². The van der Waals surface area contributed by atoms with E-state index >= 15 is 0 Å². The highest BCUT2D eigenvalue weighted by molar-refractivity contribution is 14.1. The molecule has 110 valence electrons. The first-order chi connectivity index (χ1) is 9.77. The molecule has 21 heavy (non-hydrogen) atoms. The molecule has 7 heteroatoms. The Kier molecular flexibility index (Phi) is 4.77. The smallest absolute Gasteiger partial charge is 0.322 e. The number of benzene rings is 2. The molecule has 0 aliphatic carbocycles. The van der Waals surface area contributed by atoms with Gasteiger partial charge < -0.3 is 5.32 Å². The van der Waals surface area contributed by atoms with E-state index in [0.717, 1.165) is 12.1 Å². The molecule has 0 aliphatic heterocycles. The zero-order valence-corrected chi connectivity index (χ0v) is 13.3. The summed E-state index contributed by atoms with van der Waals surface area (Å²) in [6.07, 6.45) is -4.45. The molecule has 1 N–H and O–H groups in total. The number of halogens is 5. The van der Waals surface area contributed by atoms with Crippen molar-refractivity contribution >= 4 is 45.8 Å². The van der Waals surface area contributed by atoms with Crippen LogP contribution in [0.5, 0.6) is 0 Å². The van der Waals surface area contributed by atoms with Gasteiger partial charge >= 0.3 is 6.18 Å². The van der Waals surface area contributed by atoms with Gasteiger partial charge in [0.2, 0.25) is 0 Å². The lowest BCUT2D eigenvalue weighted by molar-refractivity contribution is -0.137. The molecule has 0 saturated carbocycles. The summed E-state index contributed by atoms with van der Waals surface area (Å²) in [4.78, 5) is 12.0. The van der Waals surface area contributed by atoms with Crippen molar-refractivity contribution in [2.24, 2.45) is 0 Å². The van der Waals surface area contributed by atoms with Crippen molar-refractivity contribution in [2.75, 3.05) is 5.32 Å². The molecule has 2 aromatic carbocycles. The van der Waals surface area contributed by atoms with Gasteiger partial charge in [-0.05, 0) is 59.0 Å². The number of nitrogens with one attached hydrogen (secondary N) is 1. The fourth-order valence-corrected chi connectivity index (χ4v) is 2.25. The number of rotatable bonds is 2. The Labute approximate surface area is 137 Å². The summed E-state index contributed by atoms with van der Waals surface area (Å²) in [5, 5.41) is 2.94. The molecule has 0 aromatic heterocycles. The number of anilines is 1. The summed E-state index contributed by atoms with van der Waals surface area (Å²) in [7, 11) is 0. The van der Waals surface area contributed by atoms with Gasteiger partial charge in [-0.25, -0.2) is 0 Å². The van der Waals surface area contributed by atoms with Gasteiger partial charge in [0.05, 0.1) is 10.6 Å². The minimum Gasteiger partial charge on any atom is -0.322 e. The Morgan fingerprint density at radius 3 is 2.48 bits per heavy atom. The second-order valence-electron chi connectivity index (χ2n) is 4.16. The highest BCUT2D eigenvalue weighted by Crippen LogP contribution is 2.30. The molecule has 0 aliphatic rings. The van der Waals surface area contributed by atoms with Gasteiger partial charge in [-0.1, -0.05) is 17.7 Å². The molecule has 0 unspecified atom stereocenters. The maximum Gasteiger partial charge on any atom is 0.416 e. The molecule has 0 radical (unpaired) electrons. The standard InChI is InChI=1S/C14H8ClF3INO/c15-11-5-4-8(6-12(11)19)13(21)20-10-3-1-2-9(7-10)14(16,17)18/h1-7H,(H,20,21). The number of alkyl halides is 3. The first kappa shape index (κ1) is 16.1. The first-order valence-electron chi connectivity index (χ1n) is 5.71. The predicted molar refractivity (Wildman–Crippen MR) is 83.6 cm³/mol. The lowest BCUT2D eigenvalue weighted by Gasteiger charge is -2.10. The highest BCUT2D eigenvalue weighted by atomic mass is 127.